The van der Waals surface area contributed by atoms with E-state index in [1.54, 1.807) is 6.92 Å². The van der Waals surface area contributed by atoms with Crippen LogP contribution in [0.25, 0.3) is 10.1 Å². The first-order chi connectivity index (χ1) is 13.4. The summed E-state index contributed by atoms with van der Waals surface area (Å²) in [6.07, 6.45) is 0.868. The topological polar surface area (TPSA) is 55.4 Å². The highest BCUT2D eigenvalue weighted by atomic mass is 35.5. The van der Waals surface area contributed by atoms with Gasteiger partial charge in [-0.2, -0.15) is 0 Å². The molecule has 0 spiro atoms. The fourth-order valence-electron chi connectivity index (χ4n) is 3.85. The summed E-state index contributed by atoms with van der Waals surface area (Å²) in [5.74, 6) is -0.642. The lowest BCUT2D eigenvalue weighted by Crippen LogP contribution is -2.56. The van der Waals surface area contributed by atoms with Gasteiger partial charge in [-0.3, -0.25) is 4.79 Å². The Bertz CT molecular complexity index is 1060. The van der Waals surface area contributed by atoms with E-state index in [2.05, 4.69) is 5.32 Å². The number of hydrogen-bond acceptors (Lipinski definition) is 4. The zero-order valence-corrected chi connectivity index (χ0v) is 17.2. The Morgan fingerprint density at radius 3 is 2.50 bits per heavy atom. The Kier molecular flexibility index (Phi) is 4.89. The summed E-state index contributed by atoms with van der Waals surface area (Å²) in [7, 11) is 0. The van der Waals surface area contributed by atoms with Crippen LogP contribution < -0.4 is 5.32 Å². The number of halogens is 1. The highest BCUT2D eigenvalue weighted by Gasteiger charge is 2.46. The number of nitrogens with one attached hydrogen (secondary N) is 1. The average Bonchev–Trinajstić information content (AvgIpc) is 3.20. The number of carbonyl (C=O) groups is 2. The smallest absolute Gasteiger partial charge is 0.332 e. The molecule has 144 valence electrons. The molecule has 1 N–H and O–H groups in total. The molecule has 4 rings (SSSR count). The molecule has 4 nitrogen and oxygen atoms in total. The molecule has 1 heterocycles. The SMILES string of the molecule is CCOC(=O)C1(NC(=O)c2sc3ccc(Cl)cc3c2C)Cc2ccccc2C1. The normalized spacial score (nSPS) is 14.7. The van der Waals surface area contributed by atoms with Gasteiger partial charge in [0.2, 0.25) is 0 Å². The number of benzene rings is 2. The molecule has 0 aliphatic heterocycles. The Morgan fingerprint density at radius 2 is 1.86 bits per heavy atom. The molecule has 2 aromatic carbocycles. The van der Waals surface area contributed by atoms with E-state index in [1.165, 1.54) is 11.3 Å². The molecule has 0 fully saturated rings. The van der Waals surface area contributed by atoms with Crippen LogP contribution in [-0.2, 0) is 22.4 Å². The van der Waals surface area contributed by atoms with Gasteiger partial charge in [-0.25, -0.2) is 4.79 Å². The van der Waals surface area contributed by atoms with Gasteiger partial charge in [-0.15, -0.1) is 11.3 Å². The van der Waals surface area contributed by atoms with E-state index in [0.717, 1.165) is 26.8 Å². The molecule has 0 unspecified atom stereocenters. The minimum atomic E-state index is -1.07. The van der Waals surface area contributed by atoms with Gasteiger partial charge >= 0.3 is 5.97 Å². The van der Waals surface area contributed by atoms with Gasteiger partial charge in [-0.05, 0) is 54.1 Å². The van der Waals surface area contributed by atoms with Crippen molar-refractivity contribution in [2.45, 2.75) is 32.2 Å². The maximum Gasteiger partial charge on any atom is 0.332 e. The second-order valence-electron chi connectivity index (χ2n) is 7.08. The van der Waals surface area contributed by atoms with Gasteiger partial charge in [-0.1, -0.05) is 35.9 Å². The van der Waals surface area contributed by atoms with Crippen molar-refractivity contribution in [3.8, 4) is 0 Å². The Hall–Kier alpha value is -2.37. The summed E-state index contributed by atoms with van der Waals surface area (Å²) in [5.41, 5.74) is 1.93. The van der Waals surface area contributed by atoms with Crippen molar-refractivity contribution < 1.29 is 14.3 Å². The molecule has 1 aliphatic rings. The van der Waals surface area contributed by atoms with Crippen molar-refractivity contribution in [3.63, 3.8) is 0 Å². The monoisotopic (exact) mass is 413 g/mol. The van der Waals surface area contributed by atoms with Gasteiger partial charge in [0.15, 0.2) is 0 Å². The zero-order valence-electron chi connectivity index (χ0n) is 15.7. The number of fused-ring (bicyclic) bond motifs is 2. The Balaban J connectivity index is 1.69. The average molecular weight is 414 g/mol. The van der Waals surface area contributed by atoms with Crippen LogP contribution in [0, 0.1) is 6.92 Å². The van der Waals surface area contributed by atoms with E-state index >= 15 is 0 Å². The molecular weight excluding hydrogens is 394 g/mol. The molecule has 28 heavy (non-hydrogen) atoms. The summed E-state index contributed by atoms with van der Waals surface area (Å²) in [6, 6.07) is 13.5. The van der Waals surface area contributed by atoms with Gasteiger partial charge in [0, 0.05) is 22.6 Å². The number of hydrogen-bond donors (Lipinski definition) is 1. The molecule has 1 aromatic heterocycles. The number of carbonyl (C=O) groups excluding carboxylic acids is 2. The molecule has 1 amide bonds. The van der Waals surface area contributed by atoms with Crippen molar-refractivity contribution in [3.05, 3.63) is 69.1 Å². The second kappa shape index (κ2) is 7.22. The van der Waals surface area contributed by atoms with Crippen molar-refractivity contribution in [1.82, 2.24) is 5.32 Å². The summed E-state index contributed by atoms with van der Waals surface area (Å²) in [5, 5.41) is 4.62. The van der Waals surface area contributed by atoms with E-state index in [-0.39, 0.29) is 18.5 Å². The lowest BCUT2D eigenvalue weighted by atomic mass is 9.95. The molecule has 0 bridgehead atoms. The number of esters is 1. The van der Waals surface area contributed by atoms with Crippen LogP contribution in [0.1, 0.15) is 33.3 Å². The van der Waals surface area contributed by atoms with E-state index in [4.69, 9.17) is 16.3 Å². The maximum atomic E-state index is 13.2. The first kappa shape index (κ1) is 19.0. The summed E-state index contributed by atoms with van der Waals surface area (Å²) in [6.45, 7) is 3.95. The largest absolute Gasteiger partial charge is 0.464 e. The fraction of sp³-hybridized carbons (Fsp3) is 0.273. The van der Waals surface area contributed by atoms with E-state index in [0.29, 0.717) is 22.7 Å². The molecule has 1 aliphatic carbocycles. The van der Waals surface area contributed by atoms with E-state index in [1.807, 2.05) is 49.4 Å². The van der Waals surface area contributed by atoms with Crippen LogP contribution in [0.5, 0.6) is 0 Å². The van der Waals surface area contributed by atoms with Crippen molar-refractivity contribution in [1.29, 1.82) is 0 Å². The predicted octanol–water partition coefficient (Wildman–Crippen LogP) is 4.69. The minimum Gasteiger partial charge on any atom is -0.464 e. The second-order valence-corrected chi connectivity index (χ2v) is 8.56. The van der Waals surface area contributed by atoms with Crippen LogP contribution >= 0.6 is 22.9 Å². The fourth-order valence-corrected chi connectivity index (χ4v) is 5.11. The maximum absolute atomic E-state index is 13.2. The lowest BCUT2D eigenvalue weighted by molar-refractivity contribution is -0.150. The van der Waals surface area contributed by atoms with E-state index in [9.17, 15) is 9.59 Å². The Morgan fingerprint density at radius 1 is 1.18 bits per heavy atom. The first-order valence-electron chi connectivity index (χ1n) is 9.18. The van der Waals surface area contributed by atoms with Crippen molar-refractivity contribution >= 4 is 44.9 Å². The summed E-state index contributed by atoms with van der Waals surface area (Å²) < 4.78 is 6.33. The highest BCUT2D eigenvalue weighted by Crippen LogP contribution is 2.35. The van der Waals surface area contributed by atoms with Gasteiger partial charge < -0.3 is 10.1 Å². The van der Waals surface area contributed by atoms with Crippen LogP contribution in [0.2, 0.25) is 5.02 Å². The molecule has 0 saturated heterocycles. The molecule has 0 atom stereocenters. The van der Waals surface area contributed by atoms with Gasteiger partial charge in [0.25, 0.3) is 5.91 Å². The van der Waals surface area contributed by atoms with Crippen LogP contribution in [0.3, 0.4) is 0 Å². The van der Waals surface area contributed by atoms with Crippen LogP contribution in [-0.4, -0.2) is 24.0 Å². The number of ether oxygens (including phenoxy) is 1. The number of rotatable bonds is 4. The number of thiophene rings is 1. The van der Waals surface area contributed by atoms with Gasteiger partial charge in [0.1, 0.15) is 5.54 Å². The lowest BCUT2D eigenvalue weighted by Gasteiger charge is -2.27. The van der Waals surface area contributed by atoms with Gasteiger partial charge in [0.05, 0.1) is 11.5 Å². The van der Waals surface area contributed by atoms with Crippen molar-refractivity contribution in [2.75, 3.05) is 6.61 Å². The quantitative estimate of drug-likeness (QED) is 0.631. The molecular formula is C22H20ClNO3S. The first-order valence-corrected chi connectivity index (χ1v) is 10.4. The zero-order chi connectivity index (χ0) is 19.9. The third kappa shape index (κ3) is 3.19. The van der Waals surface area contributed by atoms with Crippen LogP contribution in [0.15, 0.2) is 42.5 Å². The minimum absolute atomic E-state index is 0.254. The van der Waals surface area contributed by atoms with E-state index < -0.39 is 5.54 Å². The Labute approximate surface area is 172 Å². The van der Waals surface area contributed by atoms with Crippen molar-refractivity contribution in [2.24, 2.45) is 0 Å². The number of amides is 1. The number of aryl methyl sites for hydroxylation is 1. The molecule has 3 aromatic rings. The molecule has 0 saturated carbocycles. The predicted molar refractivity (Wildman–Crippen MR) is 112 cm³/mol. The van der Waals surface area contributed by atoms with Crippen LogP contribution in [0.4, 0.5) is 0 Å². The highest BCUT2D eigenvalue weighted by molar-refractivity contribution is 7.21. The summed E-state index contributed by atoms with van der Waals surface area (Å²) in [4.78, 5) is 26.6. The third-order valence-electron chi connectivity index (χ3n) is 5.23. The standard InChI is InChI=1S/C22H20ClNO3S/c1-3-27-21(26)22(11-14-6-4-5-7-15(14)12-22)24-20(25)19-13(2)17-10-16(23)8-9-18(17)28-19/h4-10H,3,11-12H2,1-2H3,(H,24,25). The summed E-state index contributed by atoms with van der Waals surface area (Å²) >= 11 is 7.52. The molecule has 6 heteroatoms. The molecule has 0 radical (unpaired) electrons. The third-order valence-corrected chi connectivity index (χ3v) is 6.73.